The summed E-state index contributed by atoms with van der Waals surface area (Å²) in [5.41, 5.74) is 1.54. The van der Waals surface area contributed by atoms with Gasteiger partial charge in [-0.1, -0.05) is 6.92 Å². The van der Waals surface area contributed by atoms with Crippen molar-refractivity contribution >= 4 is 5.97 Å². The van der Waals surface area contributed by atoms with Crippen LogP contribution >= 0.6 is 0 Å². The minimum absolute atomic E-state index is 0.391. The lowest BCUT2D eigenvalue weighted by molar-refractivity contribution is -0.149. The Morgan fingerprint density at radius 2 is 2.31 bits per heavy atom. The highest BCUT2D eigenvalue weighted by Gasteiger charge is 2.29. The number of methoxy groups -OCH3 is 1. The van der Waals surface area contributed by atoms with Crippen LogP contribution in [0.2, 0.25) is 0 Å². The molecule has 2 unspecified atom stereocenters. The first-order chi connectivity index (χ1) is 7.52. The maximum atomic E-state index is 11.5. The van der Waals surface area contributed by atoms with Crippen LogP contribution in [0.5, 0.6) is 0 Å². The topological polar surface area (TPSA) is 64.3 Å². The minimum atomic E-state index is -0.855. The Bertz CT molecular complexity index is 373. The van der Waals surface area contributed by atoms with Crippen LogP contribution in [0.15, 0.2) is 6.20 Å². The zero-order valence-corrected chi connectivity index (χ0v) is 10.1. The highest BCUT2D eigenvalue weighted by atomic mass is 16.5. The number of nitrogens with zero attached hydrogens (tertiary/aromatic N) is 2. The van der Waals surface area contributed by atoms with Crippen molar-refractivity contribution < 1.29 is 14.6 Å². The number of hydrogen-bond acceptors (Lipinski definition) is 4. The highest BCUT2D eigenvalue weighted by Crippen LogP contribution is 2.27. The number of rotatable bonds is 4. The summed E-state index contributed by atoms with van der Waals surface area (Å²) >= 11 is 0. The van der Waals surface area contributed by atoms with Gasteiger partial charge in [0, 0.05) is 18.3 Å². The summed E-state index contributed by atoms with van der Waals surface area (Å²) in [6.45, 7) is 3.70. The van der Waals surface area contributed by atoms with Gasteiger partial charge < -0.3 is 9.84 Å². The lowest BCUT2D eigenvalue weighted by Crippen LogP contribution is -2.23. The van der Waals surface area contributed by atoms with Crippen molar-refractivity contribution in [3.63, 3.8) is 0 Å². The Balaban J connectivity index is 2.95. The summed E-state index contributed by atoms with van der Waals surface area (Å²) in [4.78, 5) is 11.5. The van der Waals surface area contributed by atoms with E-state index in [9.17, 15) is 9.90 Å². The first kappa shape index (κ1) is 12.7. The van der Waals surface area contributed by atoms with E-state index in [1.54, 1.807) is 17.9 Å². The second-order valence-electron chi connectivity index (χ2n) is 3.79. The van der Waals surface area contributed by atoms with Crippen LogP contribution in [0, 0.1) is 12.8 Å². The number of carbonyl (C=O) groups excluding carboxylic acids is 1. The van der Waals surface area contributed by atoms with E-state index < -0.39 is 18.0 Å². The normalized spacial score (nSPS) is 14.6. The van der Waals surface area contributed by atoms with Gasteiger partial charge >= 0.3 is 5.97 Å². The maximum Gasteiger partial charge on any atom is 0.311 e. The molecule has 5 nitrogen and oxygen atoms in total. The molecule has 16 heavy (non-hydrogen) atoms. The van der Waals surface area contributed by atoms with E-state index in [2.05, 4.69) is 9.84 Å². The second kappa shape index (κ2) is 5.12. The molecule has 0 spiro atoms. The molecule has 0 aromatic carbocycles. The summed E-state index contributed by atoms with van der Waals surface area (Å²) in [6, 6.07) is 0. The first-order valence-electron chi connectivity index (χ1n) is 5.27. The molecule has 0 aliphatic carbocycles. The molecule has 0 amide bonds. The number of aryl methyl sites for hydroxylation is 1. The molecule has 1 N–H and O–H groups in total. The largest absolute Gasteiger partial charge is 0.469 e. The quantitative estimate of drug-likeness (QED) is 0.777. The smallest absolute Gasteiger partial charge is 0.311 e. The number of aliphatic hydroxyl groups is 1. The third kappa shape index (κ3) is 2.24. The van der Waals surface area contributed by atoms with Crippen LogP contribution in [0.25, 0.3) is 0 Å². The fraction of sp³-hybridized carbons (Fsp3) is 0.636. The molecule has 1 aromatic heterocycles. The van der Waals surface area contributed by atoms with Crippen molar-refractivity contribution in [3.8, 4) is 0 Å². The molecule has 5 heteroatoms. The first-order valence-corrected chi connectivity index (χ1v) is 5.27. The Kier molecular flexibility index (Phi) is 4.06. The molecule has 0 fully saturated rings. The molecule has 0 saturated carbocycles. The molecule has 1 aromatic rings. The van der Waals surface area contributed by atoms with E-state index in [0.717, 1.165) is 5.69 Å². The van der Waals surface area contributed by atoms with E-state index >= 15 is 0 Å². The van der Waals surface area contributed by atoms with Gasteiger partial charge in [0.2, 0.25) is 0 Å². The molecule has 0 aliphatic heterocycles. The van der Waals surface area contributed by atoms with E-state index in [0.29, 0.717) is 12.0 Å². The molecular formula is C11H18N2O3. The van der Waals surface area contributed by atoms with Crippen LogP contribution in [0.4, 0.5) is 0 Å². The van der Waals surface area contributed by atoms with E-state index in [-0.39, 0.29) is 0 Å². The molecule has 0 aliphatic rings. The number of esters is 1. The molecule has 90 valence electrons. The predicted molar refractivity (Wildman–Crippen MR) is 58.7 cm³/mol. The Labute approximate surface area is 95.0 Å². The van der Waals surface area contributed by atoms with Gasteiger partial charge in [0.15, 0.2) is 0 Å². The molecule has 0 bridgehead atoms. The molecule has 0 radical (unpaired) electrons. The van der Waals surface area contributed by atoms with Gasteiger partial charge in [0.25, 0.3) is 0 Å². The SMILES string of the molecule is CCC(C(=O)OC)C(O)c1cnn(C)c1C. The van der Waals surface area contributed by atoms with Gasteiger partial charge in [0.05, 0.1) is 25.3 Å². The molecule has 2 atom stereocenters. The van der Waals surface area contributed by atoms with Gasteiger partial charge in [-0.2, -0.15) is 5.10 Å². The monoisotopic (exact) mass is 226 g/mol. The van der Waals surface area contributed by atoms with Crippen molar-refractivity contribution in [2.24, 2.45) is 13.0 Å². The van der Waals surface area contributed by atoms with Gasteiger partial charge in [-0.25, -0.2) is 0 Å². The summed E-state index contributed by atoms with van der Waals surface area (Å²) < 4.78 is 6.34. The van der Waals surface area contributed by atoms with Gasteiger partial charge in [-0.3, -0.25) is 9.48 Å². The number of aliphatic hydroxyl groups excluding tert-OH is 1. The zero-order valence-electron chi connectivity index (χ0n) is 10.1. The minimum Gasteiger partial charge on any atom is -0.469 e. The van der Waals surface area contributed by atoms with E-state index in [1.807, 2.05) is 13.8 Å². The van der Waals surface area contributed by atoms with Crippen molar-refractivity contribution in [1.82, 2.24) is 9.78 Å². The summed E-state index contributed by atoms with van der Waals surface area (Å²) in [5, 5.41) is 14.2. The van der Waals surface area contributed by atoms with Crippen molar-refractivity contribution in [2.75, 3.05) is 7.11 Å². The lowest BCUT2D eigenvalue weighted by Gasteiger charge is -2.18. The van der Waals surface area contributed by atoms with E-state index in [1.165, 1.54) is 7.11 Å². The zero-order chi connectivity index (χ0) is 12.3. The van der Waals surface area contributed by atoms with Crippen LogP contribution < -0.4 is 0 Å². The Morgan fingerprint density at radius 1 is 1.69 bits per heavy atom. The number of hydrogen-bond donors (Lipinski definition) is 1. The molecule has 1 heterocycles. The summed E-state index contributed by atoms with van der Waals surface area (Å²) in [7, 11) is 3.12. The highest BCUT2D eigenvalue weighted by molar-refractivity contribution is 5.73. The molecule has 1 rings (SSSR count). The van der Waals surface area contributed by atoms with Crippen LogP contribution in [-0.2, 0) is 16.6 Å². The third-order valence-electron chi connectivity index (χ3n) is 2.92. The Morgan fingerprint density at radius 3 is 2.69 bits per heavy atom. The summed E-state index contributed by atoms with van der Waals surface area (Å²) in [6.07, 6.45) is 1.26. The maximum absolute atomic E-state index is 11.5. The lowest BCUT2D eigenvalue weighted by atomic mass is 9.94. The standard InChI is InChI=1S/C11H18N2O3/c1-5-8(11(15)16-4)10(14)9-6-12-13(3)7(9)2/h6,8,10,14H,5H2,1-4H3. The van der Waals surface area contributed by atoms with Crippen LogP contribution in [0.1, 0.15) is 30.7 Å². The summed E-state index contributed by atoms with van der Waals surface area (Å²) in [5.74, 6) is -0.925. The van der Waals surface area contributed by atoms with Crippen molar-refractivity contribution in [2.45, 2.75) is 26.4 Å². The van der Waals surface area contributed by atoms with Gasteiger partial charge in [0.1, 0.15) is 0 Å². The van der Waals surface area contributed by atoms with Crippen molar-refractivity contribution in [1.29, 1.82) is 0 Å². The number of carbonyl (C=O) groups is 1. The van der Waals surface area contributed by atoms with Gasteiger partial charge in [-0.15, -0.1) is 0 Å². The van der Waals surface area contributed by atoms with Crippen molar-refractivity contribution in [3.05, 3.63) is 17.5 Å². The number of ether oxygens (including phenoxy) is 1. The van der Waals surface area contributed by atoms with Crippen LogP contribution in [-0.4, -0.2) is 28.0 Å². The van der Waals surface area contributed by atoms with Gasteiger partial charge in [-0.05, 0) is 13.3 Å². The predicted octanol–water partition coefficient (Wildman–Crippen LogP) is 0.961. The molecule has 0 saturated heterocycles. The van der Waals surface area contributed by atoms with E-state index in [4.69, 9.17) is 0 Å². The Hall–Kier alpha value is -1.36. The average molecular weight is 226 g/mol. The second-order valence-corrected chi connectivity index (χ2v) is 3.79. The fourth-order valence-corrected chi connectivity index (χ4v) is 1.69. The molecular weight excluding hydrogens is 208 g/mol. The fourth-order valence-electron chi connectivity index (χ4n) is 1.69. The number of aromatic nitrogens is 2. The average Bonchev–Trinajstić information content (AvgIpc) is 2.60. The third-order valence-corrected chi connectivity index (χ3v) is 2.92. The van der Waals surface area contributed by atoms with Crippen LogP contribution in [0.3, 0.4) is 0 Å².